The second kappa shape index (κ2) is 10.9. The van der Waals surface area contributed by atoms with Crippen LogP contribution in [0.1, 0.15) is 38.7 Å². The van der Waals surface area contributed by atoms with Gasteiger partial charge in [0.2, 0.25) is 0 Å². The number of nitrogens with one attached hydrogen (secondary N) is 1. The van der Waals surface area contributed by atoms with Crippen molar-refractivity contribution < 1.29 is 14.3 Å². The van der Waals surface area contributed by atoms with Crippen LogP contribution in [0.2, 0.25) is 0 Å². The number of nitrogens with zero attached hydrogens (tertiary/aromatic N) is 1. The van der Waals surface area contributed by atoms with Gasteiger partial charge >= 0.3 is 0 Å². The Morgan fingerprint density at radius 3 is 2.41 bits per heavy atom. The Morgan fingerprint density at radius 1 is 1.07 bits per heavy atom. The van der Waals surface area contributed by atoms with Crippen LogP contribution in [0, 0.1) is 0 Å². The van der Waals surface area contributed by atoms with E-state index in [2.05, 4.69) is 48.3 Å². The molecule has 0 spiro atoms. The number of piperidine rings is 1. The summed E-state index contributed by atoms with van der Waals surface area (Å²) in [6, 6.07) is 18.6. The van der Waals surface area contributed by atoms with Gasteiger partial charge in [-0.2, -0.15) is 0 Å². The van der Waals surface area contributed by atoms with Crippen molar-refractivity contribution in [2.75, 3.05) is 19.8 Å². The topological polar surface area (TPSA) is 50.8 Å². The molecule has 29 heavy (non-hydrogen) atoms. The molecule has 5 nitrogen and oxygen atoms in total. The van der Waals surface area contributed by atoms with Crippen molar-refractivity contribution in [1.82, 2.24) is 10.2 Å². The van der Waals surface area contributed by atoms with E-state index in [-0.39, 0.29) is 18.6 Å². The summed E-state index contributed by atoms with van der Waals surface area (Å²) in [7, 11) is 0. The molecule has 156 valence electrons. The van der Waals surface area contributed by atoms with Crippen molar-refractivity contribution in [2.24, 2.45) is 0 Å². The molecule has 0 aliphatic carbocycles. The average molecular weight is 397 g/mol. The summed E-state index contributed by atoms with van der Waals surface area (Å²) in [5.41, 5.74) is 1.33. The largest absolute Gasteiger partial charge is 0.494 e. The van der Waals surface area contributed by atoms with Gasteiger partial charge in [0.1, 0.15) is 11.5 Å². The SMILES string of the molecule is CCCOc1ccc(OCC(=O)N[C@@H]2CCN(Cc3ccccc3)[C@H](C)C2)cc1. The highest BCUT2D eigenvalue weighted by molar-refractivity contribution is 5.77. The van der Waals surface area contributed by atoms with E-state index >= 15 is 0 Å². The Labute approximate surface area is 174 Å². The van der Waals surface area contributed by atoms with Gasteiger partial charge in [0.25, 0.3) is 5.91 Å². The minimum absolute atomic E-state index is 0.0355. The van der Waals surface area contributed by atoms with Crippen LogP contribution in [0.25, 0.3) is 0 Å². The first-order valence-corrected chi connectivity index (χ1v) is 10.6. The zero-order valence-corrected chi connectivity index (χ0v) is 17.5. The molecule has 0 saturated carbocycles. The highest BCUT2D eigenvalue weighted by Crippen LogP contribution is 2.20. The summed E-state index contributed by atoms with van der Waals surface area (Å²) in [5.74, 6) is 1.43. The van der Waals surface area contributed by atoms with Crippen molar-refractivity contribution in [3.8, 4) is 11.5 Å². The molecule has 1 saturated heterocycles. The lowest BCUT2D eigenvalue weighted by molar-refractivity contribution is -0.124. The molecular formula is C24H32N2O3. The van der Waals surface area contributed by atoms with Gasteiger partial charge in [-0.1, -0.05) is 37.3 Å². The molecule has 3 rings (SSSR count). The van der Waals surface area contributed by atoms with E-state index in [4.69, 9.17) is 9.47 Å². The molecule has 2 atom stereocenters. The van der Waals surface area contributed by atoms with E-state index in [0.29, 0.717) is 18.4 Å². The third-order valence-electron chi connectivity index (χ3n) is 5.27. The van der Waals surface area contributed by atoms with Gasteiger partial charge in [0.05, 0.1) is 6.61 Å². The predicted molar refractivity (Wildman–Crippen MR) is 115 cm³/mol. The van der Waals surface area contributed by atoms with Crippen LogP contribution in [-0.4, -0.2) is 42.6 Å². The molecular weight excluding hydrogens is 364 g/mol. The Kier molecular flexibility index (Phi) is 7.94. The quantitative estimate of drug-likeness (QED) is 0.695. The molecule has 1 fully saturated rings. The van der Waals surface area contributed by atoms with E-state index < -0.39 is 0 Å². The van der Waals surface area contributed by atoms with Gasteiger partial charge in [-0.15, -0.1) is 0 Å². The minimum Gasteiger partial charge on any atom is -0.494 e. The first-order chi connectivity index (χ1) is 14.1. The van der Waals surface area contributed by atoms with E-state index in [1.807, 2.05) is 30.3 Å². The van der Waals surface area contributed by atoms with E-state index in [1.54, 1.807) is 0 Å². The fourth-order valence-corrected chi connectivity index (χ4v) is 3.67. The molecule has 1 heterocycles. The summed E-state index contributed by atoms with van der Waals surface area (Å²) in [4.78, 5) is 14.8. The molecule has 5 heteroatoms. The fourth-order valence-electron chi connectivity index (χ4n) is 3.67. The summed E-state index contributed by atoms with van der Waals surface area (Å²) < 4.78 is 11.2. The number of likely N-dealkylation sites (tertiary alicyclic amines) is 1. The van der Waals surface area contributed by atoms with Crippen LogP contribution in [0.15, 0.2) is 54.6 Å². The summed E-state index contributed by atoms with van der Waals surface area (Å²) in [6.45, 7) is 6.99. The Balaban J connectivity index is 1.39. The fraction of sp³-hybridized carbons (Fsp3) is 0.458. The third kappa shape index (κ3) is 6.79. The smallest absolute Gasteiger partial charge is 0.258 e. The second-order valence-corrected chi connectivity index (χ2v) is 7.70. The van der Waals surface area contributed by atoms with Gasteiger partial charge in [0, 0.05) is 25.2 Å². The molecule has 0 unspecified atom stereocenters. The van der Waals surface area contributed by atoms with Crippen molar-refractivity contribution in [3.05, 3.63) is 60.2 Å². The summed E-state index contributed by atoms with van der Waals surface area (Å²) >= 11 is 0. The number of hydrogen-bond acceptors (Lipinski definition) is 4. The lowest BCUT2D eigenvalue weighted by Crippen LogP contribution is -2.49. The van der Waals surface area contributed by atoms with Crippen molar-refractivity contribution in [2.45, 2.75) is 51.7 Å². The number of hydrogen-bond donors (Lipinski definition) is 1. The molecule has 0 aromatic heterocycles. The molecule has 0 radical (unpaired) electrons. The Hall–Kier alpha value is -2.53. The number of rotatable bonds is 9. The second-order valence-electron chi connectivity index (χ2n) is 7.70. The van der Waals surface area contributed by atoms with Crippen molar-refractivity contribution in [3.63, 3.8) is 0 Å². The Bertz CT molecular complexity index is 748. The zero-order valence-electron chi connectivity index (χ0n) is 17.5. The van der Waals surface area contributed by atoms with E-state index in [0.717, 1.165) is 38.1 Å². The van der Waals surface area contributed by atoms with Gasteiger partial charge < -0.3 is 14.8 Å². The number of carbonyl (C=O) groups excluding carboxylic acids is 1. The number of amides is 1. The summed E-state index contributed by atoms with van der Waals surface area (Å²) in [5, 5.41) is 3.13. The average Bonchev–Trinajstić information content (AvgIpc) is 2.74. The van der Waals surface area contributed by atoms with Gasteiger partial charge in [-0.3, -0.25) is 9.69 Å². The predicted octanol–water partition coefficient (Wildman–Crippen LogP) is 4.02. The number of carbonyl (C=O) groups is 1. The van der Waals surface area contributed by atoms with Crippen LogP contribution < -0.4 is 14.8 Å². The van der Waals surface area contributed by atoms with Crippen LogP contribution in [-0.2, 0) is 11.3 Å². The molecule has 2 aromatic rings. The highest BCUT2D eigenvalue weighted by atomic mass is 16.5. The van der Waals surface area contributed by atoms with Gasteiger partial charge in [-0.05, 0) is 56.0 Å². The summed E-state index contributed by atoms with van der Waals surface area (Å²) in [6.07, 6.45) is 2.90. The van der Waals surface area contributed by atoms with E-state index in [1.165, 1.54) is 5.56 Å². The molecule has 1 amide bonds. The van der Waals surface area contributed by atoms with Crippen LogP contribution in [0.4, 0.5) is 0 Å². The lowest BCUT2D eigenvalue weighted by atomic mass is 9.97. The molecule has 1 aliphatic rings. The lowest BCUT2D eigenvalue weighted by Gasteiger charge is -2.38. The first-order valence-electron chi connectivity index (χ1n) is 10.6. The van der Waals surface area contributed by atoms with Gasteiger partial charge in [0.15, 0.2) is 6.61 Å². The molecule has 0 bridgehead atoms. The monoisotopic (exact) mass is 396 g/mol. The minimum atomic E-state index is -0.0648. The molecule has 2 aromatic carbocycles. The number of benzene rings is 2. The van der Waals surface area contributed by atoms with Crippen molar-refractivity contribution >= 4 is 5.91 Å². The Morgan fingerprint density at radius 2 is 1.76 bits per heavy atom. The maximum atomic E-state index is 12.3. The zero-order chi connectivity index (χ0) is 20.5. The number of ether oxygens (including phenoxy) is 2. The van der Waals surface area contributed by atoms with Crippen molar-refractivity contribution in [1.29, 1.82) is 0 Å². The maximum absolute atomic E-state index is 12.3. The molecule has 1 aliphatic heterocycles. The van der Waals surface area contributed by atoms with Crippen LogP contribution in [0.5, 0.6) is 11.5 Å². The standard InChI is InChI=1S/C24H32N2O3/c1-3-15-28-22-9-11-23(12-10-22)29-18-24(27)25-21-13-14-26(19(2)16-21)17-20-7-5-4-6-8-20/h4-12,19,21H,3,13-18H2,1-2H3,(H,25,27)/t19-,21-/m1/s1. The first kappa shape index (κ1) is 21.2. The maximum Gasteiger partial charge on any atom is 0.258 e. The van der Waals surface area contributed by atoms with Crippen LogP contribution in [0.3, 0.4) is 0 Å². The highest BCUT2D eigenvalue weighted by Gasteiger charge is 2.26. The molecule has 1 N–H and O–H groups in total. The van der Waals surface area contributed by atoms with E-state index in [9.17, 15) is 4.79 Å². The van der Waals surface area contributed by atoms with Crippen LogP contribution >= 0.6 is 0 Å². The van der Waals surface area contributed by atoms with Gasteiger partial charge in [-0.25, -0.2) is 0 Å². The normalized spacial score (nSPS) is 19.5. The third-order valence-corrected chi connectivity index (χ3v) is 5.27.